The number of fused-ring (bicyclic) bond motifs is 1. The maximum atomic E-state index is 13.5. The minimum absolute atomic E-state index is 0.138. The predicted octanol–water partition coefficient (Wildman–Crippen LogP) is 3.94. The van der Waals surface area contributed by atoms with E-state index in [1.807, 2.05) is 12.1 Å². The molecule has 0 radical (unpaired) electrons. The van der Waals surface area contributed by atoms with Crippen LogP contribution in [0.1, 0.15) is 33.9 Å². The fourth-order valence-corrected chi connectivity index (χ4v) is 3.78. The number of carbonyl (C=O) groups is 1. The van der Waals surface area contributed by atoms with E-state index in [4.69, 9.17) is 4.74 Å². The number of hydrogen-bond donors (Lipinski definition) is 1. The van der Waals surface area contributed by atoms with Gasteiger partial charge in [0.25, 0.3) is 5.91 Å². The number of rotatable bonds is 4. The molecule has 2 aromatic carbocycles. The lowest BCUT2D eigenvalue weighted by Gasteiger charge is -2.26. The molecule has 0 aromatic heterocycles. The SMILES string of the molecule is COCc1ccc(C(=O)NC2CCSc3ccc(F)cc32)cc1. The summed E-state index contributed by atoms with van der Waals surface area (Å²) in [6.07, 6.45) is 0.800. The van der Waals surface area contributed by atoms with Gasteiger partial charge in [-0.2, -0.15) is 0 Å². The van der Waals surface area contributed by atoms with Crippen molar-refractivity contribution in [3.05, 3.63) is 65.0 Å². The third kappa shape index (κ3) is 3.74. The summed E-state index contributed by atoms with van der Waals surface area (Å²) < 4.78 is 18.6. The van der Waals surface area contributed by atoms with Crippen molar-refractivity contribution in [1.82, 2.24) is 5.32 Å². The number of benzene rings is 2. The molecule has 1 N–H and O–H groups in total. The Balaban J connectivity index is 1.75. The Kier molecular flexibility index (Phi) is 4.98. The fourth-order valence-electron chi connectivity index (χ4n) is 2.68. The second-order valence-electron chi connectivity index (χ2n) is 5.48. The van der Waals surface area contributed by atoms with Crippen LogP contribution in [0.15, 0.2) is 47.4 Å². The van der Waals surface area contributed by atoms with E-state index in [2.05, 4.69) is 5.32 Å². The van der Waals surface area contributed by atoms with Crippen LogP contribution in [0.5, 0.6) is 0 Å². The van der Waals surface area contributed by atoms with Crippen molar-refractivity contribution in [2.75, 3.05) is 12.9 Å². The monoisotopic (exact) mass is 331 g/mol. The van der Waals surface area contributed by atoms with Gasteiger partial charge in [0.15, 0.2) is 0 Å². The van der Waals surface area contributed by atoms with E-state index in [0.29, 0.717) is 12.2 Å². The van der Waals surface area contributed by atoms with Gasteiger partial charge in [-0.25, -0.2) is 4.39 Å². The molecule has 1 aliphatic heterocycles. The minimum Gasteiger partial charge on any atom is -0.380 e. The van der Waals surface area contributed by atoms with E-state index in [0.717, 1.165) is 28.2 Å². The molecule has 0 fully saturated rings. The Morgan fingerprint density at radius 3 is 2.83 bits per heavy atom. The lowest BCUT2D eigenvalue weighted by molar-refractivity contribution is 0.0934. The molecule has 0 aliphatic carbocycles. The van der Waals surface area contributed by atoms with Gasteiger partial charge in [0, 0.05) is 23.3 Å². The van der Waals surface area contributed by atoms with Crippen molar-refractivity contribution in [2.24, 2.45) is 0 Å². The van der Waals surface area contributed by atoms with Crippen LogP contribution in [0.2, 0.25) is 0 Å². The Bertz CT molecular complexity index is 703. The van der Waals surface area contributed by atoms with E-state index in [1.165, 1.54) is 12.1 Å². The normalized spacial score (nSPS) is 16.7. The number of carbonyl (C=O) groups excluding carboxylic acids is 1. The highest BCUT2D eigenvalue weighted by Crippen LogP contribution is 2.36. The van der Waals surface area contributed by atoms with Crippen LogP contribution in [0.25, 0.3) is 0 Å². The third-order valence-corrected chi connectivity index (χ3v) is 4.97. The Hall–Kier alpha value is -1.85. The first-order valence-corrected chi connectivity index (χ1v) is 8.47. The van der Waals surface area contributed by atoms with E-state index in [1.54, 1.807) is 37.1 Å². The van der Waals surface area contributed by atoms with Crippen molar-refractivity contribution >= 4 is 17.7 Å². The van der Waals surface area contributed by atoms with Crippen molar-refractivity contribution < 1.29 is 13.9 Å². The van der Waals surface area contributed by atoms with E-state index in [9.17, 15) is 9.18 Å². The first kappa shape index (κ1) is 16.0. The van der Waals surface area contributed by atoms with Gasteiger partial charge < -0.3 is 10.1 Å². The van der Waals surface area contributed by atoms with E-state index >= 15 is 0 Å². The molecular formula is C18H18FNO2S. The van der Waals surface area contributed by atoms with Gasteiger partial charge in [-0.1, -0.05) is 12.1 Å². The van der Waals surface area contributed by atoms with E-state index in [-0.39, 0.29) is 17.8 Å². The fraction of sp³-hybridized carbons (Fsp3) is 0.278. The molecule has 1 atom stereocenters. The molecule has 0 bridgehead atoms. The average molecular weight is 331 g/mol. The number of halogens is 1. The van der Waals surface area contributed by atoms with Gasteiger partial charge in [-0.3, -0.25) is 4.79 Å². The smallest absolute Gasteiger partial charge is 0.251 e. The molecule has 0 saturated heterocycles. The van der Waals surface area contributed by atoms with Crippen LogP contribution in [0, 0.1) is 5.82 Å². The second-order valence-corrected chi connectivity index (χ2v) is 6.61. The lowest BCUT2D eigenvalue weighted by Crippen LogP contribution is -2.30. The van der Waals surface area contributed by atoms with Crippen molar-refractivity contribution in [3.63, 3.8) is 0 Å². The molecule has 23 heavy (non-hydrogen) atoms. The van der Waals surface area contributed by atoms with Gasteiger partial charge in [0.1, 0.15) is 5.82 Å². The number of ether oxygens (including phenoxy) is 1. The summed E-state index contributed by atoms with van der Waals surface area (Å²) in [5, 5.41) is 3.02. The van der Waals surface area contributed by atoms with E-state index < -0.39 is 0 Å². The zero-order valence-corrected chi connectivity index (χ0v) is 13.7. The highest BCUT2D eigenvalue weighted by molar-refractivity contribution is 7.99. The van der Waals surface area contributed by atoms with Gasteiger partial charge >= 0.3 is 0 Å². The first-order valence-electron chi connectivity index (χ1n) is 7.48. The topological polar surface area (TPSA) is 38.3 Å². The summed E-state index contributed by atoms with van der Waals surface area (Å²) >= 11 is 1.70. The molecule has 1 unspecified atom stereocenters. The summed E-state index contributed by atoms with van der Waals surface area (Å²) in [4.78, 5) is 13.5. The zero-order chi connectivity index (χ0) is 16.2. The van der Waals surface area contributed by atoms with Crippen molar-refractivity contribution in [2.45, 2.75) is 24.0 Å². The predicted molar refractivity (Wildman–Crippen MR) is 89.1 cm³/mol. The Morgan fingerprint density at radius 2 is 2.09 bits per heavy atom. The van der Waals surface area contributed by atoms with Crippen LogP contribution >= 0.6 is 11.8 Å². The minimum atomic E-state index is -0.269. The quantitative estimate of drug-likeness (QED) is 0.922. The first-order chi connectivity index (χ1) is 11.2. The van der Waals surface area contributed by atoms with Crippen LogP contribution < -0.4 is 5.32 Å². The molecule has 1 amide bonds. The number of amides is 1. The summed E-state index contributed by atoms with van der Waals surface area (Å²) in [6, 6.07) is 12.0. The van der Waals surface area contributed by atoms with Crippen LogP contribution in [-0.2, 0) is 11.3 Å². The summed E-state index contributed by atoms with van der Waals surface area (Å²) in [7, 11) is 1.64. The van der Waals surface area contributed by atoms with Crippen LogP contribution in [-0.4, -0.2) is 18.8 Å². The molecule has 1 aliphatic rings. The maximum absolute atomic E-state index is 13.5. The molecular weight excluding hydrogens is 313 g/mol. The second kappa shape index (κ2) is 7.15. The number of hydrogen-bond acceptors (Lipinski definition) is 3. The molecule has 1 heterocycles. The molecule has 120 valence electrons. The van der Waals surface area contributed by atoms with Crippen molar-refractivity contribution in [1.29, 1.82) is 0 Å². The Morgan fingerprint density at radius 1 is 1.30 bits per heavy atom. The molecule has 5 heteroatoms. The molecule has 0 saturated carbocycles. The zero-order valence-electron chi connectivity index (χ0n) is 12.8. The van der Waals surface area contributed by atoms with Gasteiger partial charge in [-0.05, 0) is 47.9 Å². The summed E-state index contributed by atoms with van der Waals surface area (Å²) in [6.45, 7) is 0.522. The number of thioether (sulfide) groups is 1. The van der Waals surface area contributed by atoms with Gasteiger partial charge in [-0.15, -0.1) is 11.8 Å². The Labute approximate surface area is 139 Å². The molecule has 3 rings (SSSR count). The largest absolute Gasteiger partial charge is 0.380 e. The van der Waals surface area contributed by atoms with Crippen molar-refractivity contribution in [3.8, 4) is 0 Å². The van der Waals surface area contributed by atoms with Gasteiger partial charge in [0.05, 0.1) is 12.6 Å². The highest BCUT2D eigenvalue weighted by Gasteiger charge is 2.23. The van der Waals surface area contributed by atoms with Crippen LogP contribution in [0.3, 0.4) is 0 Å². The average Bonchev–Trinajstić information content (AvgIpc) is 2.56. The number of nitrogens with one attached hydrogen (secondary N) is 1. The number of methoxy groups -OCH3 is 1. The maximum Gasteiger partial charge on any atom is 0.251 e. The lowest BCUT2D eigenvalue weighted by atomic mass is 10.0. The van der Waals surface area contributed by atoms with Crippen LogP contribution in [0.4, 0.5) is 4.39 Å². The molecule has 0 spiro atoms. The van der Waals surface area contributed by atoms with Gasteiger partial charge in [0.2, 0.25) is 0 Å². The third-order valence-electron chi connectivity index (χ3n) is 3.84. The highest BCUT2D eigenvalue weighted by atomic mass is 32.2. The summed E-state index contributed by atoms with van der Waals surface area (Å²) in [5.74, 6) is 0.506. The summed E-state index contributed by atoms with van der Waals surface area (Å²) in [5.41, 5.74) is 2.48. The molecule has 3 nitrogen and oxygen atoms in total. The molecule has 2 aromatic rings. The standard InChI is InChI=1S/C18H18FNO2S/c1-22-11-12-2-4-13(5-3-12)18(21)20-16-8-9-23-17-7-6-14(19)10-15(16)17/h2-7,10,16H,8-9,11H2,1H3,(H,20,21).